The van der Waals surface area contributed by atoms with Crippen molar-refractivity contribution in [1.82, 2.24) is 10.2 Å². The van der Waals surface area contributed by atoms with Gasteiger partial charge < -0.3 is 15.8 Å². The summed E-state index contributed by atoms with van der Waals surface area (Å²) in [6.07, 6.45) is 0.669. The third-order valence-corrected chi connectivity index (χ3v) is 4.05. The van der Waals surface area contributed by atoms with Crippen molar-refractivity contribution in [1.29, 1.82) is 0 Å². The van der Waals surface area contributed by atoms with Crippen LogP contribution in [0, 0.1) is 5.92 Å². The molecule has 5 heteroatoms. The summed E-state index contributed by atoms with van der Waals surface area (Å²) in [6, 6.07) is 10.8. The molecule has 0 saturated carbocycles. The number of ether oxygens (including phenoxy) is 1. The van der Waals surface area contributed by atoms with Gasteiger partial charge >= 0.3 is 6.09 Å². The molecule has 1 aliphatic heterocycles. The van der Waals surface area contributed by atoms with Crippen LogP contribution in [0.2, 0.25) is 0 Å². The van der Waals surface area contributed by atoms with E-state index in [9.17, 15) is 4.79 Å². The molecule has 23 heavy (non-hydrogen) atoms. The van der Waals surface area contributed by atoms with E-state index in [4.69, 9.17) is 10.5 Å². The first-order chi connectivity index (χ1) is 10.9. The van der Waals surface area contributed by atoms with Crippen LogP contribution in [-0.4, -0.2) is 42.3 Å². The van der Waals surface area contributed by atoms with E-state index in [1.54, 1.807) is 0 Å². The fourth-order valence-corrected chi connectivity index (χ4v) is 3.04. The smallest absolute Gasteiger partial charge is 0.407 e. The van der Waals surface area contributed by atoms with Gasteiger partial charge in [0.15, 0.2) is 0 Å². The molecule has 2 atom stereocenters. The summed E-state index contributed by atoms with van der Waals surface area (Å²) >= 11 is 0. The van der Waals surface area contributed by atoms with E-state index in [0.717, 1.165) is 19.5 Å². The lowest BCUT2D eigenvalue weighted by Crippen LogP contribution is -2.36. The van der Waals surface area contributed by atoms with Crippen LogP contribution in [0.15, 0.2) is 30.3 Å². The van der Waals surface area contributed by atoms with Crippen molar-refractivity contribution >= 4 is 6.09 Å². The molecule has 3 N–H and O–H groups in total. The van der Waals surface area contributed by atoms with Crippen LogP contribution in [0.25, 0.3) is 0 Å². The summed E-state index contributed by atoms with van der Waals surface area (Å²) in [5, 5.41) is 2.88. The molecule has 2 rings (SSSR count). The van der Waals surface area contributed by atoms with Crippen molar-refractivity contribution in [2.45, 2.75) is 45.4 Å². The molecule has 0 bridgehead atoms. The van der Waals surface area contributed by atoms with Crippen LogP contribution in [0.1, 0.15) is 32.8 Å². The van der Waals surface area contributed by atoms with Gasteiger partial charge in [-0.25, -0.2) is 4.79 Å². The Morgan fingerprint density at radius 1 is 1.35 bits per heavy atom. The topological polar surface area (TPSA) is 67.6 Å². The van der Waals surface area contributed by atoms with Gasteiger partial charge in [-0.15, -0.1) is 0 Å². The number of nitrogens with one attached hydrogen (secondary N) is 1. The fourth-order valence-electron chi connectivity index (χ4n) is 3.04. The second-order valence-corrected chi connectivity index (χ2v) is 7.29. The van der Waals surface area contributed by atoms with E-state index in [0.29, 0.717) is 25.0 Å². The summed E-state index contributed by atoms with van der Waals surface area (Å²) in [5.74, 6) is 0.416. The Hall–Kier alpha value is -1.59. The van der Waals surface area contributed by atoms with Gasteiger partial charge in [0.2, 0.25) is 0 Å². The number of hydrogen-bond acceptors (Lipinski definition) is 4. The Balaban J connectivity index is 1.83. The second kappa shape index (κ2) is 7.79. The third-order valence-electron chi connectivity index (χ3n) is 4.05. The number of benzene rings is 1. The maximum Gasteiger partial charge on any atom is 0.407 e. The number of amides is 1. The highest BCUT2D eigenvalue weighted by Crippen LogP contribution is 2.24. The van der Waals surface area contributed by atoms with Gasteiger partial charge in [-0.1, -0.05) is 30.3 Å². The largest absolute Gasteiger partial charge is 0.444 e. The van der Waals surface area contributed by atoms with Gasteiger partial charge in [-0.2, -0.15) is 0 Å². The Morgan fingerprint density at radius 2 is 2.04 bits per heavy atom. The maximum absolute atomic E-state index is 11.8. The van der Waals surface area contributed by atoms with Crippen LogP contribution < -0.4 is 11.1 Å². The molecule has 1 saturated heterocycles. The number of likely N-dealkylation sites (tertiary alicyclic amines) is 1. The minimum Gasteiger partial charge on any atom is -0.444 e. The number of hydrogen-bond donors (Lipinski definition) is 2. The molecular weight excluding hydrogens is 290 g/mol. The lowest BCUT2D eigenvalue weighted by molar-refractivity contribution is 0.0519. The lowest BCUT2D eigenvalue weighted by atomic mass is 10.1. The van der Waals surface area contributed by atoms with Crippen LogP contribution in [-0.2, 0) is 11.3 Å². The zero-order valence-corrected chi connectivity index (χ0v) is 14.4. The number of rotatable bonds is 5. The minimum atomic E-state index is -0.459. The van der Waals surface area contributed by atoms with Crippen LogP contribution in [0.4, 0.5) is 4.79 Å². The molecule has 0 spiro atoms. The molecule has 1 heterocycles. The van der Waals surface area contributed by atoms with Crippen molar-refractivity contribution in [2.24, 2.45) is 11.7 Å². The van der Waals surface area contributed by atoms with E-state index >= 15 is 0 Å². The molecule has 1 aromatic rings. The first kappa shape index (κ1) is 17.8. The van der Waals surface area contributed by atoms with E-state index in [2.05, 4.69) is 34.5 Å². The first-order valence-electron chi connectivity index (χ1n) is 8.32. The van der Waals surface area contributed by atoms with Crippen molar-refractivity contribution < 1.29 is 9.53 Å². The average molecular weight is 319 g/mol. The van der Waals surface area contributed by atoms with Gasteiger partial charge in [0, 0.05) is 32.2 Å². The van der Waals surface area contributed by atoms with Gasteiger partial charge in [0.05, 0.1) is 0 Å². The molecule has 0 radical (unpaired) electrons. The number of nitrogens with two attached hydrogens (primary N) is 1. The summed E-state index contributed by atoms with van der Waals surface area (Å²) in [7, 11) is 0. The van der Waals surface area contributed by atoms with Crippen LogP contribution in [0.3, 0.4) is 0 Å². The molecule has 1 fully saturated rings. The number of carbonyl (C=O) groups excluding carboxylic acids is 1. The zero-order chi connectivity index (χ0) is 16.9. The second-order valence-electron chi connectivity index (χ2n) is 7.29. The van der Waals surface area contributed by atoms with E-state index in [-0.39, 0.29) is 6.09 Å². The molecule has 5 nitrogen and oxygen atoms in total. The monoisotopic (exact) mass is 319 g/mol. The SMILES string of the molecule is CC(C)(C)OC(=O)NC[C@@H]1C[C@H](CN)N(Cc2ccccc2)C1. The zero-order valence-electron chi connectivity index (χ0n) is 14.4. The number of carbonyl (C=O) groups is 1. The first-order valence-corrected chi connectivity index (χ1v) is 8.32. The van der Waals surface area contributed by atoms with Gasteiger partial charge in [0.25, 0.3) is 0 Å². The summed E-state index contributed by atoms with van der Waals surface area (Å²) in [5.41, 5.74) is 6.76. The van der Waals surface area contributed by atoms with Crippen molar-refractivity contribution in [3.05, 3.63) is 35.9 Å². The standard InChI is InChI=1S/C18H29N3O2/c1-18(2,3)23-17(22)20-11-15-9-16(10-19)21(13-15)12-14-7-5-4-6-8-14/h4-8,15-16H,9-13,19H2,1-3H3,(H,20,22)/t15-,16+/m0/s1. The number of nitrogens with zero attached hydrogens (tertiary/aromatic N) is 1. The van der Waals surface area contributed by atoms with Crippen LogP contribution in [0.5, 0.6) is 0 Å². The summed E-state index contributed by atoms with van der Waals surface area (Å²) in [4.78, 5) is 14.2. The highest BCUT2D eigenvalue weighted by Gasteiger charge is 2.31. The highest BCUT2D eigenvalue weighted by atomic mass is 16.6. The highest BCUT2D eigenvalue weighted by molar-refractivity contribution is 5.67. The molecule has 1 aliphatic rings. The number of alkyl carbamates (subject to hydrolysis) is 1. The van der Waals surface area contributed by atoms with E-state index in [1.807, 2.05) is 26.8 Å². The Morgan fingerprint density at radius 3 is 2.65 bits per heavy atom. The van der Waals surface area contributed by atoms with Crippen LogP contribution >= 0.6 is 0 Å². The van der Waals surface area contributed by atoms with E-state index < -0.39 is 5.60 Å². The predicted molar refractivity (Wildman–Crippen MR) is 92.0 cm³/mol. The minimum absolute atomic E-state index is 0.344. The lowest BCUT2D eigenvalue weighted by Gasteiger charge is -2.23. The van der Waals surface area contributed by atoms with Crippen molar-refractivity contribution in [2.75, 3.05) is 19.6 Å². The predicted octanol–water partition coefficient (Wildman–Crippen LogP) is 2.36. The Kier molecular flexibility index (Phi) is 6.02. The molecular formula is C18H29N3O2. The van der Waals surface area contributed by atoms with Crippen molar-refractivity contribution in [3.63, 3.8) is 0 Å². The molecule has 0 aromatic heterocycles. The Bertz CT molecular complexity index is 499. The third kappa shape index (κ3) is 5.84. The Labute approximate surface area is 139 Å². The molecule has 0 unspecified atom stereocenters. The van der Waals surface area contributed by atoms with Gasteiger partial charge in [-0.3, -0.25) is 4.90 Å². The van der Waals surface area contributed by atoms with E-state index in [1.165, 1.54) is 5.56 Å². The molecule has 1 aromatic carbocycles. The molecule has 1 amide bonds. The van der Waals surface area contributed by atoms with Crippen molar-refractivity contribution in [3.8, 4) is 0 Å². The quantitative estimate of drug-likeness (QED) is 0.874. The molecule has 128 valence electrons. The normalized spacial score (nSPS) is 22.1. The van der Waals surface area contributed by atoms with Gasteiger partial charge in [0.1, 0.15) is 5.60 Å². The fraction of sp³-hybridized carbons (Fsp3) is 0.611. The maximum atomic E-state index is 11.8. The summed E-state index contributed by atoms with van der Waals surface area (Å²) in [6.45, 7) is 8.75. The average Bonchev–Trinajstić information content (AvgIpc) is 2.86. The molecule has 0 aliphatic carbocycles. The summed E-state index contributed by atoms with van der Waals surface area (Å²) < 4.78 is 5.28. The van der Waals surface area contributed by atoms with Gasteiger partial charge in [-0.05, 0) is 38.7 Å².